The number of carbonyl (C=O) groups excluding carboxylic acids is 3. The minimum absolute atomic E-state index is 0.0657. The Hall–Kier alpha value is -1.59. The molecule has 56 heavy (non-hydrogen) atoms. The molecule has 0 amide bonds. The molecule has 0 aromatic carbocycles. The Bertz CT molecular complexity index is 870. The number of carbonyl (C=O) groups is 3. The second kappa shape index (κ2) is 41.6. The Labute approximate surface area is 348 Å². The lowest BCUT2D eigenvalue weighted by Gasteiger charge is -2.18. The maximum Gasteiger partial charge on any atom is 0.306 e. The molecule has 0 aromatic heterocycles. The first-order valence-corrected chi connectivity index (χ1v) is 24.6. The summed E-state index contributed by atoms with van der Waals surface area (Å²) in [7, 11) is 0. The zero-order valence-corrected chi connectivity index (χ0v) is 38.4. The van der Waals surface area contributed by atoms with Crippen molar-refractivity contribution in [2.24, 2.45) is 17.8 Å². The van der Waals surface area contributed by atoms with Crippen LogP contribution in [0, 0.1) is 17.8 Å². The van der Waals surface area contributed by atoms with Crippen molar-refractivity contribution in [3.63, 3.8) is 0 Å². The SMILES string of the molecule is CCC(C)CCCCCCCCCCC(=O)OC[C@H](COC(=O)CCCCCCCCCCCC(C)C)OC(=O)CCCCCCCCCCCCCC(C)C. The van der Waals surface area contributed by atoms with Crippen molar-refractivity contribution >= 4 is 17.9 Å². The molecular formula is C50H96O6. The van der Waals surface area contributed by atoms with Crippen molar-refractivity contribution in [1.82, 2.24) is 0 Å². The third kappa shape index (κ3) is 42.0. The normalized spacial score (nSPS) is 12.6. The largest absolute Gasteiger partial charge is 0.462 e. The Kier molecular flexibility index (Phi) is 40.4. The van der Waals surface area contributed by atoms with Gasteiger partial charge in [-0.25, -0.2) is 0 Å². The predicted octanol–water partition coefficient (Wildman–Crippen LogP) is 15.6. The monoisotopic (exact) mass is 793 g/mol. The van der Waals surface area contributed by atoms with Gasteiger partial charge in [-0.3, -0.25) is 14.4 Å². The minimum Gasteiger partial charge on any atom is -0.462 e. The summed E-state index contributed by atoms with van der Waals surface area (Å²) in [5.41, 5.74) is 0. The number of unbranched alkanes of at least 4 members (excludes halogenated alkanes) is 25. The van der Waals surface area contributed by atoms with Crippen LogP contribution in [0.2, 0.25) is 0 Å². The molecule has 0 saturated carbocycles. The molecule has 6 heteroatoms. The Balaban J connectivity index is 4.35. The van der Waals surface area contributed by atoms with Crippen molar-refractivity contribution in [1.29, 1.82) is 0 Å². The van der Waals surface area contributed by atoms with E-state index < -0.39 is 6.10 Å². The van der Waals surface area contributed by atoms with Gasteiger partial charge in [-0.15, -0.1) is 0 Å². The van der Waals surface area contributed by atoms with Crippen LogP contribution >= 0.6 is 0 Å². The van der Waals surface area contributed by atoms with Gasteiger partial charge in [0.1, 0.15) is 13.2 Å². The molecule has 0 rings (SSSR count). The average Bonchev–Trinajstić information content (AvgIpc) is 3.16. The fourth-order valence-corrected chi connectivity index (χ4v) is 7.38. The third-order valence-electron chi connectivity index (χ3n) is 11.5. The first kappa shape index (κ1) is 54.4. The molecule has 0 aliphatic carbocycles. The summed E-state index contributed by atoms with van der Waals surface area (Å²) in [4.78, 5) is 37.8. The zero-order valence-electron chi connectivity index (χ0n) is 38.4. The molecule has 0 heterocycles. The lowest BCUT2D eigenvalue weighted by atomic mass is 9.99. The van der Waals surface area contributed by atoms with Crippen LogP contribution in [0.5, 0.6) is 0 Å². The molecule has 0 aliphatic rings. The van der Waals surface area contributed by atoms with E-state index in [0.29, 0.717) is 19.3 Å². The zero-order chi connectivity index (χ0) is 41.3. The molecule has 0 aromatic rings. The van der Waals surface area contributed by atoms with Gasteiger partial charge in [0.25, 0.3) is 0 Å². The van der Waals surface area contributed by atoms with E-state index in [0.717, 1.165) is 75.5 Å². The first-order chi connectivity index (χ1) is 27.1. The lowest BCUT2D eigenvalue weighted by Crippen LogP contribution is -2.30. The molecule has 2 atom stereocenters. The summed E-state index contributed by atoms with van der Waals surface area (Å²) in [6.45, 7) is 13.7. The molecular weight excluding hydrogens is 697 g/mol. The molecule has 1 unspecified atom stereocenters. The van der Waals surface area contributed by atoms with Crippen LogP contribution in [0.15, 0.2) is 0 Å². The molecule has 6 nitrogen and oxygen atoms in total. The van der Waals surface area contributed by atoms with Crippen LogP contribution < -0.4 is 0 Å². The Morgan fingerprint density at radius 1 is 0.357 bits per heavy atom. The van der Waals surface area contributed by atoms with Crippen molar-refractivity contribution < 1.29 is 28.6 Å². The molecule has 0 N–H and O–H groups in total. The molecule has 0 fully saturated rings. The highest BCUT2D eigenvalue weighted by molar-refractivity contribution is 5.71. The van der Waals surface area contributed by atoms with Crippen LogP contribution in [-0.2, 0) is 28.6 Å². The van der Waals surface area contributed by atoms with E-state index in [1.54, 1.807) is 0 Å². The third-order valence-corrected chi connectivity index (χ3v) is 11.5. The molecule has 0 bridgehead atoms. The smallest absolute Gasteiger partial charge is 0.306 e. The number of esters is 3. The standard InChI is InChI=1S/C50H96O6/c1-7-46(6)38-32-26-20-16-17-22-28-34-40-49(52)55-43-47(42-54-48(51)39-33-27-21-15-11-13-19-25-31-37-45(4)5)56-50(53)41-35-29-23-14-10-8-9-12-18-24-30-36-44(2)3/h44-47H,7-43H2,1-6H3/t46?,47-/m0/s1. The minimum atomic E-state index is -0.762. The molecule has 0 aliphatic heterocycles. The number of hydrogen-bond acceptors (Lipinski definition) is 6. The lowest BCUT2D eigenvalue weighted by molar-refractivity contribution is -0.167. The van der Waals surface area contributed by atoms with E-state index in [1.807, 2.05) is 0 Å². The van der Waals surface area contributed by atoms with Gasteiger partial charge in [0.15, 0.2) is 6.10 Å². The van der Waals surface area contributed by atoms with Crippen LogP contribution in [0.4, 0.5) is 0 Å². The van der Waals surface area contributed by atoms with Crippen molar-refractivity contribution in [2.75, 3.05) is 13.2 Å². The first-order valence-electron chi connectivity index (χ1n) is 24.6. The molecule has 0 spiro atoms. The molecule has 0 radical (unpaired) electrons. The fourth-order valence-electron chi connectivity index (χ4n) is 7.38. The average molecular weight is 793 g/mol. The fraction of sp³-hybridized carbons (Fsp3) is 0.940. The van der Waals surface area contributed by atoms with E-state index in [4.69, 9.17) is 14.2 Å². The summed E-state index contributed by atoms with van der Waals surface area (Å²) in [6.07, 6.45) is 39.4. The Morgan fingerprint density at radius 2 is 0.625 bits per heavy atom. The van der Waals surface area contributed by atoms with Gasteiger partial charge in [-0.2, -0.15) is 0 Å². The highest BCUT2D eigenvalue weighted by Gasteiger charge is 2.19. The topological polar surface area (TPSA) is 78.9 Å². The number of hydrogen-bond donors (Lipinski definition) is 0. The van der Waals surface area contributed by atoms with E-state index in [-0.39, 0.29) is 31.1 Å². The van der Waals surface area contributed by atoms with Crippen LogP contribution in [0.3, 0.4) is 0 Å². The molecule has 332 valence electrons. The Morgan fingerprint density at radius 3 is 0.929 bits per heavy atom. The number of rotatable bonds is 43. The van der Waals surface area contributed by atoms with Crippen molar-refractivity contribution in [3.8, 4) is 0 Å². The van der Waals surface area contributed by atoms with E-state index in [9.17, 15) is 14.4 Å². The predicted molar refractivity (Wildman–Crippen MR) is 238 cm³/mol. The van der Waals surface area contributed by atoms with Gasteiger partial charge in [-0.1, -0.05) is 228 Å². The van der Waals surface area contributed by atoms with E-state index >= 15 is 0 Å². The molecule has 0 saturated heterocycles. The summed E-state index contributed by atoms with van der Waals surface area (Å²) in [5.74, 6) is 1.62. The van der Waals surface area contributed by atoms with Crippen LogP contribution in [-0.4, -0.2) is 37.2 Å². The van der Waals surface area contributed by atoms with Gasteiger partial charge in [-0.05, 0) is 37.0 Å². The number of ether oxygens (including phenoxy) is 3. The van der Waals surface area contributed by atoms with Crippen molar-refractivity contribution in [3.05, 3.63) is 0 Å². The summed E-state index contributed by atoms with van der Waals surface area (Å²) in [6, 6.07) is 0. The maximum atomic E-state index is 12.8. The quantitative estimate of drug-likeness (QED) is 0.0348. The van der Waals surface area contributed by atoms with Crippen molar-refractivity contribution in [2.45, 2.75) is 272 Å². The summed E-state index contributed by atoms with van der Waals surface area (Å²) >= 11 is 0. The highest BCUT2D eigenvalue weighted by Crippen LogP contribution is 2.18. The van der Waals surface area contributed by atoms with Crippen LogP contribution in [0.1, 0.15) is 266 Å². The highest BCUT2D eigenvalue weighted by atomic mass is 16.6. The van der Waals surface area contributed by atoms with Gasteiger partial charge in [0.05, 0.1) is 0 Å². The second-order valence-electron chi connectivity index (χ2n) is 18.3. The summed E-state index contributed by atoms with van der Waals surface area (Å²) in [5, 5.41) is 0. The van der Waals surface area contributed by atoms with Gasteiger partial charge >= 0.3 is 17.9 Å². The van der Waals surface area contributed by atoms with Gasteiger partial charge in [0, 0.05) is 19.3 Å². The van der Waals surface area contributed by atoms with E-state index in [1.165, 1.54) is 148 Å². The summed E-state index contributed by atoms with van der Waals surface area (Å²) < 4.78 is 16.8. The van der Waals surface area contributed by atoms with Gasteiger partial charge < -0.3 is 14.2 Å². The van der Waals surface area contributed by atoms with Crippen LogP contribution in [0.25, 0.3) is 0 Å². The maximum absolute atomic E-state index is 12.8. The van der Waals surface area contributed by atoms with E-state index in [2.05, 4.69) is 41.5 Å². The second-order valence-corrected chi connectivity index (χ2v) is 18.3. The van der Waals surface area contributed by atoms with Gasteiger partial charge in [0.2, 0.25) is 0 Å².